The fourth-order valence-corrected chi connectivity index (χ4v) is 1.42. The van der Waals surface area contributed by atoms with Gasteiger partial charge in [-0.05, 0) is 32.0 Å². The Morgan fingerprint density at radius 3 is 2.58 bits per heavy atom. The standard InChI is InChI=1S/C10H14ClN/c1-7-4-5-8(2)9(6-7)10(11)12-3/h4-6,10,12H,1-3H3. The molecule has 1 atom stereocenters. The third kappa shape index (κ3) is 1.99. The van der Waals surface area contributed by atoms with Crippen molar-refractivity contribution in [1.29, 1.82) is 0 Å². The zero-order valence-electron chi connectivity index (χ0n) is 7.69. The number of alkyl halides is 1. The molecule has 0 amide bonds. The van der Waals surface area contributed by atoms with Crippen LogP contribution in [0.3, 0.4) is 0 Å². The van der Waals surface area contributed by atoms with Crippen molar-refractivity contribution in [3.63, 3.8) is 0 Å². The molecule has 0 saturated heterocycles. The summed E-state index contributed by atoms with van der Waals surface area (Å²) in [4.78, 5) is 0. The largest absolute Gasteiger partial charge is 0.301 e. The highest BCUT2D eigenvalue weighted by atomic mass is 35.5. The van der Waals surface area contributed by atoms with Crippen molar-refractivity contribution in [3.8, 4) is 0 Å². The molecule has 0 radical (unpaired) electrons. The predicted octanol–water partition coefficient (Wildman–Crippen LogP) is 2.76. The van der Waals surface area contributed by atoms with Crippen molar-refractivity contribution in [3.05, 3.63) is 34.9 Å². The highest BCUT2D eigenvalue weighted by Crippen LogP contribution is 2.21. The Hall–Kier alpha value is -0.530. The molecule has 1 aromatic rings. The van der Waals surface area contributed by atoms with Crippen LogP contribution in [0.5, 0.6) is 0 Å². The first-order valence-electron chi connectivity index (χ1n) is 4.03. The Morgan fingerprint density at radius 1 is 1.33 bits per heavy atom. The molecule has 1 rings (SSSR count). The molecule has 0 aliphatic heterocycles. The molecule has 0 heterocycles. The molecule has 0 spiro atoms. The van der Waals surface area contributed by atoms with Crippen LogP contribution < -0.4 is 5.32 Å². The Morgan fingerprint density at radius 2 is 2.00 bits per heavy atom. The average Bonchev–Trinajstić information content (AvgIpc) is 2.08. The van der Waals surface area contributed by atoms with Crippen LogP contribution in [0.15, 0.2) is 18.2 Å². The van der Waals surface area contributed by atoms with E-state index in [-0.39, 0.29) is 5.50 Å². The number of benzene rings is 1. The molecule has 0 saturated carbocycles. The van der Waals surface area contributed by atoms with Gasteiger partial charge in [0.15, 0.2) is 0 Å². The first-order valence-corrected chi connectivity index (χ1v) is 4.47. The van der Waals surface area contributed by atoms with Crippen molar-refractivity contribution in [2.24, 2.45) is 0 Å². The highest BCUT2D eigenvalue weighted by Gasteiger charge is 2.07. The van der Waals surface area contributed by atoms with Crippen LogP contribution in [0.2, 0.25) is 0 Å². The van der Waals surface area contributed by atoms with Gasteiger partial charge in [-0.2, -0.15) is 0 Å². The van der Waals surface area contributed by atoms with Gasteiger partial charge in [-0.25, -0.2) is 0 Å². The lowest BCUT2D eigenvalue weighted by atomic mass is 10.1. The summed E-state index contributed by atoms with van der Waals surface area (Å²) in [6.07, 6.45) is 0. The van der Waals surface area contributed by atoms with Crippen LogP contribution in [0, 0.1) is 13.8 Å². The van der Waals surface area contributed by atoms with E-state index in [1.807, 2.05) is 7.05 Å². The van der Waals surface area contributed by atoms with Crippen LogP contribution in [0.4, 0.5) is 0 Å². The monoisotopic (exact) mass is 183 g/mol. The highest BCUT2D eigenvalue weighted by molar-refractivity contribution is 6.20. The molecule has 0 aliphatic carbocycles. The van der Waals surface area contributed by atoms with Crippen molar-refractivity contribution < 1.29 is 0 Å². The van der Waals surface area contributed by atoms with Crippen molar-refractivity contribution in [2.45, 2.75) is 19.3 Å². The van der Waals surface area contributed by atoms with Gasteiger partial charge in [0.05, 0.1) is 0 Å². The summed E-state index contributed by atoms with van der Waals surface area (Å²) in [5, 5.41) is 3.01. The summed E-state index contributed by atoms with van der Waals surface area (Å²) in [7, 11) is 1.86. The fraction of sp³-hybridized carbons (Fsp3) is 0.400. The first kappa shape index (κ1) is 9.56. The van der Waals surface area contributed by atoms with E-state index in [1.54, 1.807) is 0 Å². The topological polar surface area (TPSA) is 12.0 Å². The van der Waals surface area contributed by atoms with E-state index in [0.717, 1.165) is 0 Å². The third-order valence-electron chi connectivity index (χ3n) is 1.96. The Bertz CT molecular complexity index is 271. The van der Waals surface area contributed by atoms with Gasteiger partial charge in [-0.15, -0.1) is 11.6 Å². The van der Waals surface area contributed by atoms with E-state index in [9.17, 15) is 0 Å². The minimum absolute atomic E-state index is 0.0788. The second kappa shape index (κ2) is 3.92. The van der Waals surface area contributed by atoms with E-state index < -0.39 is 0 Å². The maximum Gasteiger partial charge on any atom is 0.108 e. The minimum Gasteiger partial charge on any atom is -0.301 e. The average molecular weight is 184 g/mol. The summed E-state index contributed by atoms with van der Waals surface area (Å²) in [5.41, 5.74) is 3.57. The quantitative estimate of drug-likeness (QED) is 0.549. The lowest BCUT2D eigenvalue weighted by molar-refractivity contribution is 0.777. The van der Waals surface area contributed by atoms with Gasteiger partial charge in [-0.3, -0.25) is 0 Å². The molecule has 1 N–H and O–H groups in total. The van der Waals surface area contributed by atoms with Gasteiger partial charge >= 0.3 is 0 Å². The molecule has 1 nitrogen and oxygen atoms in total. The van der Waals surface area contributed by atoms with Crippen LogP contribution >= 0.6 is 11.6 Å². The summed E-state index contributed by atoms with van der Waals surface area (Å²) in [6, 6.07) is 6.30. The fourth-order valence-electron chi connectivity index (χ4n) is 1.19. The van der Waals surface area contributed by atoms with Gasteiger partial charge < -0.3 is 5.32 Å². The van der Waals surface area contributed by atoms with E-state index in [4.69, 9.17) is 11.6 Å². The maximum absolute atomic E-state index is 6.06. The lowest BCUT2D eigenvalue weighted by Crippen LogP contribution is -2.11. The number of hydrogen-bond acceptors (Lipinski definition) is 1. The SMILES string of the molecule is CNC(Cl)c1cc(C)ccc1C. The second-order valence-corrected chi connectivity index (χ2v) is 3.45. The Labute approximate surface area is 78.7 Å². The van der Waals surface area contributed by atoms with Crippen molar-refractivity contribution in [1.82, 2.24) is 5.32 Å². The third-order valence-corrected chi connectivity index (χ3v) is 2.41. The normalized spacial score (nSPS) is 13.0. The number of hydrogen-bond donors (Lipinski definition) is 1. The number of halogens is 1. The molecule has 0 aromatic heterocycles. The minimum atomic E-state index is -0.0788. The molecule has 0 fully saturated rings. The molecule has 0 aliphatic rings. The van der Waals surface area contributed by atoms with Gasteiger partial charge in [0.25, 0.3) is 0 Å². The van der Waals surface area contributed by atoms with Crippen LogP contribution in [-0.2, 0) is 0 Å². The van der Waals surface area contributed by atoms with Gasteiger partial charge in [0.1, 0.15) is 5.50 Å². The molecule has 1 aromatic carbocycles. The molecular weight excluding hydrogens is 170 g/mol. The first-order chi connectivity index (χ1) is 5.65. The van der Waals surface area contributed by atoms with Crippen LogP contribution in [-0.4, -0.2) is 7.05 Å². The molecule has 12 heavy (non-hydrogen) atoms. The summed E-state index contributed by atoms with van der Waals surface area (Å²) in [6.45, 7) is 4.14. The van der Waals surface area contributed by atoms with Crippen molar-refractivity contribution >= 4 is 11.6 Å². The number of rotatable bonds is 2. The summed E-state index contributed by atoms with van der Waals surface area (Å²) < 4.78 is 0. The molecule has 1 unspecified atom stereocenters. The smallest absolute Gasteiger partial charge is 0.108 e. The summed E-state index contributed by atoms with van der Waals surface area (Å²) in [5.74, 6) is 0. The van der Waals surface area contributed by atoms with Crippen LogP contribution in [0.25, 0.3) is 0 Å². The second-order valence-electron chi connectivity index (χ2n) is 3.01. The Kier molecular flexibility index (Phi) is 3.12. The van der Waals surface area contributed by atoms with Gasteiger partial charge in [-0.1, -0.05) is 23.8 Å². The lowest BCUT2D eigenvalue weighted by Gasteiger charge is -2.12. The van der Waals surface area contributed by atoms with E-state index >= 15 is 0 Å². The predicted molar refractivity (Wildman–Crippen MR) is 53.6 cm³/mol. The zero-order valence-corrected chi connectivity index (χ0v) is 8.44. The molecule has 66 valence electrons. The number of nitrogens with one attached hydrogen (secondary N) is 1. The molecule has 0 bridgehead atoms. The van der Waals surface area contributed by atoms with Crippen molar-refractivity contribution in [2.75, 3.05) is 7.05 Å². The van der Waals surface area contributed by atoms with Gasteiger partial charge in [0, 0.05) is 0 Å². The molecule has 2 heteroatoms. The van der Waals surface area contributed by atoms with E-state index in [1.165, 1.54) is 16.7 Å². The molecular formula is C10H14ClN. The number of aryl methyl sites for hydroxylation is 2. The Balaban J connectivity index is 3.04. The van der Waals surface area contributed by atoms with E-state index in [0.29, 0.717) is 0 Å². The van der Waals surface area contributed by atoms with E-state index in [2.05, 4.69) is 37.4 Å². The van der Waals surface area contributed by atoms with Gasteiger partial charge in [0.2, 0.25) is 0 Å². The zero-order chi connectivity index (χ0) is 9.14. The maximum atomic E-state index is 6.06. The van der Waals surface area contributed by atoms with Crippen LogP contribution in [0.1, 0.15) is 22.2 Å². The summed E-state index contributed by atoms with van der Waals surface area (Å²) >= 11 is 6.06.